The zero-order chi connectivity index (χ0) is 11.1. The molecule has 0 atom stereocenters. The third kappa shape index (κ3) is 3.86. The van der Waals surface area contributed by atoms with Gasteiger partial charge in [0.15, 0.2) is 6.79 Å². The monoisotopic (exact) mass is 211 g/mol. The number of rotatable bonds is 4. The summed E-state index contributed by atoms with van der Waals surface area (Å²) in [5.74, 6) is 1.00. The van der Waals surface area contributed by atoms with E-state index in [1.807, 2.05) is 0 Å². The van der Waals surface area contributed by atoms with Gasteiger partial charge in [0.1, 0.15) is 11.5 Å². The second kappa shape index (κ2) is 5.87. The first-order chi connectivity index (χ1) is 7.26. The summed E-state index contributed by atoms with van der Waals surface area (Å²) in [4.78, 5) is 10.9. The Hall–Kier alpha value is -1.75. The summed E-state index contributed by atoms with van der Waals surface area (Å²) in [6.07, 6.45) is -0.515. The van der Waals surface area contributed by atoms with Crippen LogP contribution in [0.4, 0.5) is 4.79 Å². The van der Waals surface area contributed by atoms with Gasteiger partial charge in [0.25, 0.3) is 0 Å². The lowest BCUT2D eigenvalue weighted by Crippen LogP contribution is -2.21. The molecule has 0 bridgehead atoms. The maximum Gasteiger partial charge on any atom is 0.412 e. The second-order valence-corrected chi connectivity index (χ2v) is 2.67. The van der Waals surface area contributed by atoms with E-state index in [0.29, 0.717) is 11.5 Å². The zero-order valence-corrected chi connectivity index (χ0v) is 8.65. The smallest absolute Gasteiger partial charge is 0.412 e. The molecular formula is C10H13NO4. The van der Waals surface area contributed by atoms with Crippen molar-refractivity contribution in [2.75, 3.05) is 21.0 Å². The predicted octanol–water partition coefficient (Wildman–Crippen LogP) is 1.39. The van der Waals surface area contributed by atoms with Gasteiger partial charge in [0.05, 0.1) is 0 Å². The van der Waals surface area contributed by atoms with Gasteiger partial charge in [0.2, 0.25) is 0 Å². The molecule has 0 spiro atoms. The minimum atomic E-state index is -0.515. The fourth-order valence-corrected chi connectivity index (χ4v) is 0.913. The fraction of sp³-hybridized carbons (Fsp3) is 0.300. The van der Waals surface area contributed by atoms with Gasteiger partial charge in [-0.05, 0) is 12.1 Å². The molecule has 0 unspecified atom stereocenters. The molecule has 0 fully saturated rings. The van der Waals surface area contributed by atoms with Gasteiger partial charge in [0, 0.05) is 20.2 Å². The van der Waals surface area contributed by atoms with Crippen molar-refractivity contribution in [1.29, 1.82) is 0 Å². The molecular weight excluding hydrogens is 198 g/mol. The highest BCUT2D eigenvalue weighted by molar-refractivity contribution is 5.70. The quantitative estimate of drug-likeness (QED) is 0.764. The van der Waals surface area contributed by atoms with Crippen LogP contribution in [0.15, 0.2) is 24.3 Å². The number of carbonyl (C=O) groups is 1. The third-order valence-corrected chi connectivity index (χ3v) is 1.56. The lowest BCUT2D eigenvalue weighted by Gasteiger charge is -2.07. The van der Waals surface area contributed by atoms with Crippen molar-refractivity contribution >= 4 is 6.09 Å². The lowest BCUT2D eigenvalue weighted by atomic mass is 10.3. The van der Waals surface area contributed by atoms with Crippen molar-refractivity contribution in [1.82, 2.24) is 5.32 Å². The van der Waals surface area contributed by atoms with Gasteiger partial charge in [-0.1, -0.05) is 6.07 Å². The number of carbonyl (C=O) groups excluding carboxylic acids is 1. The van der Waals surface area contributed by atoms with E-state index in [2.05, 4.69) is 5.32 Å². The van der Waals surface area contributed by atoms with Crippen LogP contribution in [0.5, 0.6) is 11.5 Å². The van der Waals surface area contributed by atoms with Crippen molar-refractivity contribution < 1.29 is 19.0 Å². The van der Waals surface area contributed by atoms with Crippen LogP contribution in [0.2, 0.25) is 0 Å². The van der Waals surface area contributed by atoms with Crippen LogP contribution >= 0.6 is 0 Å². The number of ether oxygens (including phenoxy) is 3. The molecule has 1 N–H and O–H groups in total. The first kappa shape index (κ1) is 11.3. The fourth-order valence-electron chi connectivity index (χ4n) is 0.913. The molecule has 0 saturated heterocycles. The van der Waals surface area contributed by atoms with Crippen LogP contribution in [-0.2, 0) is 4.74 Å². The summed E-state index contributed by atoms with van der Waals surface area (Å²) in [5, 5.41) is 2.35. The molecule has 1 rings (SSSR count). The van der Waals surface area contributed by atoms with Gasteiger partial charge >= 0.3 is 6.09 Å². The average Bonchev–Trinajstić information content (AvgIpc) is 2.26. The highest BCUT2D eigenvalue weighted by Crippen LogP contribution is 2.19. The summed E-state index contributed by atoms with van der Waals surface area (Å²) < 4.78 is 14.8. The molecule has 82 valence electrons. The molecule has 0 aliphatic heterocycles. The Morgan fingerprint density at radius 2 is 2.13 bits per heavy atom. The number of amides is 1. The van der Waals surface area contributed by atoms with Crippen LogP contribution in [0.1, 0.15) is 0 Å². The largest absolute Gasteiger partial charge is 0.467 e. The average molecular weight is 211 g/mol. The molecule has 15 heavy (non-hydrogen) atoms. The molecule has 0 radical (unpaired) electrons. The van der Waals surface area contributed by atoms with Crippen LogP contribution in [0, 0.1) is 0 Å². The highest BCUT2D eigenvalue weighted by Gasteiger charge is 2.02. The summed E-state index contributed by atoms with van der Waals surface area (Å²) in [5.41, 5.74) is 0. The first-order valence-corrected chi connectivity index (χ1v) is 4.37. The van der Waals surface area contributed by atoms with E-state index < -0.39 is 6.09 Å². The molecule has 1 aromatic rings. The lowest BCUT2D eigenvalue weighted by molar-refractivity contribution is 0.0510. The summed E-state index contributed by atoms with van der Waals surface area (Å²) in [7, 11) is 3.03. The van der Waals surface area contributed by atoms with Crippen LogP contribution in [0.25, 0.3) is 0 Å². The third-order valence-electron chi connectivity index (χ3n) is 1.56. The second-order valence-electron chi connectivity index (χ2n) is 2.67. The van der Waals surface area contributed by atoms with E-state index >= 15 is 0 Å². The topological polar surface area (TPSA) is 56.8 Å². The van der Waals surface area contributed by atoms with Crippen molar-refractivity contribution in [3.63, 3.8) is 0 Å². The summed E-state index contributed by atoms with van der Waals surface area (Å²) in [6.45, 7) is 0.156. The summed E-state index contributed by atoms with van der Waals surface area (Å²) >= 11 is 0. The maximum atomic E-state index is 10.9. The van der Waals surface area contributed by atoms with Gasteiger partial charge in [-0.3, -0.25) is 0 Å². The van der Waals surface area contributed by atoms with Crippen molar-refractivity contribution in [3.8, 4) is 11.5 Å². The number of methoxy groups -OCH3 is 1. The van der Waals surface area contributed by atoms with E-state index in [-0.39, 0.29) is 6.79 Å². The van der Waals surface area contributed by atoms with Gasteiger partial charge < -0.3 is 19.5 Å². The number of nitrogens with one attached hydrogen (secondary N) is 1. The maximum absolute atomic E-state index is 10.9. The Labute approximate surface area is 87.9 Å². The minimum absolute atomic E-state index is 0.156. The Balaban J connectivity index is 2.61. The zero-order valence-electron chi connectivity index (χ0n) is 8.65. The number of hydrogen-bond donors (Lipinski definition) is 1. The molecule has 0 saturated carbocycles. The molecule has 5 heteroatoms. The summed E-state index contributed by atoms with van der Waals surface area (Å²) in [6, 6.07) is 6.74. The molecule has 5 nitrogen and oxygen atoms in total. The normalized spacial score (nSPS) is 9.47. The van der Waals surface area contributed by atoms with E-state index in [1.54, 1.807) is 24.3 Å². The van der Waals surface area contributed by atoms with E-state index in [0.717, 1.165) is 0 Å². The first-order valence-electron chi connectivity index (χ1n) is 4.37. The Morgan fingerprint density at radius 1 is 1.40 bits per heavy atom. The Kier molecular flexibility index (Phi) is 4.43. The molecule has 0 aliphatic rings. The van der Waals surface area contributed by atoms with Crippen LogP contribution < -0.4 is 14.8 Å². The van der Waals surface area contributed by atoms with Gasteiger partial charge in [-0.25, -0.2) is 4.79 Å². The Morgan fingerprint density at radius 3 is 2.80 bits per heavy atom. The molecule has 0 aromatic heterocycles. The van der Waals surface area contributed by atoms with Gasteiger partial charge in [-0.15, -0.1) is 0 Å². The Bertz CT molecular complexity index is 327. The molecule has 0 aliphatic carbocycles. The predicted molar refractivity (Wildman–Crippen MR) is 54.0 cm³/mol. The van der Waals surface area contributed by atoms with E-state index in [1.165, 1.54) is 14.2 Å². The van der Waals surface area contributed by atoms with E-state index in [9.17, 15) is 4.79 Å². The highest BCUT2D eigenvalue weighted by atomic mass is 16.7. The SMILES string of the molecule is CNC(=O)Oc1cccc(OCOC)c1. The van der Waals surface area contributed by atoms with Crippen LogP contribution in [0.3, 0.4) is 0 Å². The number of hydrogen-bond acceptors (Lipinski definition) is 4. The van der Waals surface area contributed by atoms with Gasteiger partial charge in [-0.2, -0.15) is 0 Å². The molecule has 1 aromatic carbocycles. The van der Waals surface area contributed by atoms with Crippen molar-refractivity contribution in [2.24, 2.45) is 0 Å². The molecule has 1 amide bonds. The molecule has 0 heterocycles. The van der Waals surface area contributed by atoms with Crippen molar-refractivity contribution in [3.05, 3.63) is 24.3 Å². The van der Waals surface area contributed by atoms with Crippen LogP contribution in [-0.4, -0.2) is 27.0 Å². The standard InChI is InChI=1S/C10H13NO4/c1-11-10(12)15-9-5-3-4-8(6-9)14-7-13-2/h3-6H,7H2,1-2H3,(H,11,12). The minimum Gasteiger partial charge on any atom is -0.467 e. The van der Waals surface area contributed by atoms with Crippen molar-refractivity contribution in [2.45, 2.75) is 0 Å². The van der Waals surface area contributed by atoms with E-state index in [4.69, 9.17) is 14.2 Å². The number of benzene rings is 1.